The third-order valence-corrected chi connectivity index (χ3v) is 3.78. The normalized spacial score (nSPS) is 21.4. The first-order valence-electron chi connectivity index (χ1n) is 6.04. The van der Waals surface area contributed by atoms with Crippen molar-refractivity contribution in [3.63, 3.8) is 0 Å². The van der Waals surface area contributed by atoms with Crippen molar-refractivity contribution in [2.24, 2.45) is 0 Å². The Labute approximate surface area is 105 Å². The van der Waals surface area contributed by atoms with Crippen molar-refractivity contribution in [1.29, 1.82) is 0 Å². The molecule has 3 rings (SSSR count). The molecule has 0 bridgehead atoms. The maximum Gasteiger partial charge on any atom is 0.179 e. The Balaban J connectivity index is 2.09. The summed E-state index contributed by atoms with van der Waals surface area (Å²) >= 11 is 6.11. The molecule has 90 valence electrons. The molecule has 3 heterocycles. The van der Waals surface area contributed by atoms with Crippen molar-refractivity contribution >= 4 is 17.2 Å². The van der Waals surface area contributed by atoms with Crippen molar-refractivity contribution in [3.8, 4) is 0 Å². The minimum absolute atomic E-state index is 0.383. The first kappa shape index (κ1) is 11.0. The number of hydrogen-bond donors (Lipinski definition) is 0. The van der Waals surface area contributed by atoms with Gasteiger partial charge in [-0.25, -0.2) is 0 Å². The number of aromatic nitrogens is 3. The first-order chi connectivity index (χ1) is 8.31. The standard InChI is InChI=1S/C12H15ClN4/c1-2-16-7-4-6-10(16)12-15-14-11-9(13)5-3-8-17(11)12/h3,5,8,10H,2,4,6-7H2,1H3. The molecule has 0 radical (unpaired) electrons. The zero-order valence-electron chi connectivity index (χ0n) is 9.80. The molecule has 1 fully saturated rings. The van der Waals surface area contributed by atoms with Gasteiger partial charge < -0.3 is 0 Å². The third kappa shape index (κ3) is 1.72. The molecule has 2 aromatic rings. The third-order valence-electron chi connectivity index (χ3n) is 3.48. The molecule has 0 spiro atoms. The summed E-state index contributed by atoms with van der Waals surface area (Å²) in [5.74, 6) is 1.02. The van der Waals surface area contributed by atoms with E-state index in [0.717, 1.165) is 31.0 Å². The van der Waals surface area contributed by atoms with Gasteiger partial charge >= 0.3 is 0 Å². The van der Waals surface area contributed by atoms with Crippen molar-refractivity contribution in [3.05, 3.63) is 29.2 Å². The van der Waals surface area contributed by atoms with E-state index in [1.54, 1.807) is 0 Å². The van der Waals surface area contributed by atoms with Crippen LogP contribution in [0.15, 0.2) is 18.3 Å². The highest BCUT2D eigenvalue weighted by molar-refractivity contribution is 6.33. The van der Waals surface area contributed by atoms with E-state index in [-0.39, 0.29) is 0 Å². The Morgan fingerprint density at radius 2 is 2.35 bits per heavy atom. The number of likely N-dealkylation sites (tertiary alicyclic amines) is 1. The van der Waals surface area contributed by atoms with Gasteiger partial charge in [-0.1, -0.05) is 18.5 Å². The summed E-state index contributed by atoms with van der Waals surface area (Å²) in [4.78, 5) is 2.44. The molecule has 0 N–H and O–H groups in total. The number of fused-ring (bicyclic) bond motifs is 1. The molecule has 5 heteroatoms. The van der Waals surface area contributed by atoms with Crippen LogP contribution in [0, 0.1) is 0 Å². The molecule has 1 atom stereocenters. The predicted octanol–water partition coefficient (Wildman–Crippen LogP) is 2.54. The number of pyridine rings is 1. The Hall–Kier alpha value is -1.13. The van der Waals surface area contributed by atoms with E-state index in [4.69, 9.17) is 11.6 Å². The largest absolute Gasteiger partial charge is 0.294 e. The highest BCUT2D eigenvalue weighted by atomic mass is 35.5. The summed E-state index contributed by atoms with van der Waals surface area (Å²) in [6, 6.07) is 4.17. The lowest BCUT2D eigenvalue weighted by Crippen LogP contribution is -2.24. The quantitative estimate of drug-likeness (QED) is 0.821. The van der Waals surface area contributed by atoms with Gasteiger partial charge in [0, 0.05) is 6.20 Å². The van der Waals surface area contributed by atoms with Crippen LogP contribution in [-0.2, 0) is 0 Å². The van der Waals surface area contributed by atoms with Gasteiger partial charge in [-0.2, -0.15) is 0 Å². The summed E-state index contributed by atoms with van der Waals surface area (Å²) < 4.78 is 2.01. The van der Waals surface area contributed by atoms with Gasteiger partial charge in [0.25, 0.3) is 0 Å². The van der Waals surface area contributed by atoms with E-state index in [0.29, 0.717) is 11.1 Å². The van der Waals surface area contributed by atoms with Crippen molar-refractivity contribution in [2.75, 3.05) is 13.1 Å². The SMILES string of the molecule is CCN1CCCC1c1nnc2c(Cl)cccn12. The molecule has 1 saturated heterocycles. The van der Waals surface area contributed by atoms with E-state index in [9.17, 15) is 0 Å². The zero-order chi connectivity index (χ0) is 11.8. The van der Waals surface area contributed by atoms with Crippen LogP contribution in [-0.4, -0.2) is 32.6 Å². The number of halogens is 1. The van der Waals surface area contributed by atoms with Crippen molar-refractivity contribution in [1.82, 2.24) is 19.5 Å². The van der Waals surface area contributed by atoms with Crippen LogP contribution in [0.4, 0.5) is 0 Å². The topological polar surface area (TPSA) is 33.4 Å². The van der Waals surface area contributed by atoms with E-state index in [2.05, 4.69) is 22.0 Å². The van der Waals surface area contributed by atoms with Crippen LogP contribution in [0.3, 0.4) is 0 Å². The second kappa shape index (κ2) is 4.27. The average molecular weight is 251 g/mol. The van der Waals surface area contributed by atoms with Crippen LogP contribution < -0.4 is 0 Å². The summed E-state index contributed by atoms with van der Waals surface area (Å²) in [5.41, 5.74) is 0.757. The van der Waals surface area contributed by atoms with Gasteiger partial charge in [0.2, 0.25) is 0 Å². The molecule has 17 heavy (non-hydrogen) atoms. The Bertz CT molecular complexity index is 536. The fourth-order valence-corrected chi connectivity index (χ4v) is 2.83. The molecule has 0 saturated carbocycles. The van der Waals surface area contributed by atoms with Gasteiger partial charge in [-0.15, -0.1) is 10.2 Å². The Morgan fingerprint density at radius 1 is 1.47 bits per heavy atom. The van der Waals surface area contributed by atoms with E-state index < -0.39 is 0 Å². The van der Waals surface area contributed by atoms with Crippen molar-refractivity contribution in [2.45, 2.75) is 25.8 Å². The van der Waals surface area contributed by atoms with Crippen LogP contribution >= 0.6 is 11.6 Å². The van der Waals surface area contributed by atoms with Crippen LogP contribution in [0.1, 0.15) is 31.6 Å². The summed E-state index contributed by atoms with van der Waals surface area (Å²) in [7, 11) is 0. The molecular weight excluding hydrogens is 236 g/mol. The molecule has 1 aliphatic rings. The smallest absolute Gasteiger partial charge is 0.179 e. The van der Waals surface area contributed by atoms with E-state index in [1.807, 2.05) is 22.7 Å². The van der Waals surface area contributed by atoms with Crippen molar-refractivity contribution < 1.29 is 0 Å². The average Bonchev–Trinajstić information content (AvgIpc) is 2.94. The van der Waals surface area contributed by atoms with Gasteiger partial charge in [0.05, 0.1) is 11.1 Å². The molecule has 0 aliphatic carbocycles. The molecule has 0 amide bonds. The zero-order valence-corrected chi connectivity index (χ0v) is 10.6. The van der Waals surface area contributed by atoms with Gasteiger partial charge in [-0.05, 0) is 38.1 Å². The first-order valence-corrected chi connectivity index (χ1v) is 6.42. The number of nitrogens with zero attached hydrogens (tertiary/aromatic N) is 4. The monoisotopic (exact) mass is 250 g/mol. The lowest BCUT2D eigenvalue weighted by atomic mass is 10.2. The number of rotatable bonds is 2. The molecular formula is C12H15ClN4. The second-order valence-corrected chi connectivity index (χ2v) is 4.80. The summed E-state index contributed by atoms with van der Waals surface area (Å²) in [5, 5.41) is 9.17. The lowest BCUT2D eigenvalue weighted by Gasteiger charge is -2.20. The van der Waals surface area contributed by atoms with E-state index >= 15 is 0 Å². The maximum absolute atomic E-state index is 6.11. The molecule has 2 aromatic heterocycles. The van der Waals surface area contributed by atoms with E-state index in [1.165, 1.54) is 6.42 Å². The summed E-state index contributed by atoms with van der Waals surface area (Å²) in [6.45, 7) is 4.39. The lowest BCUT2D eigenvalue weighted by molar-refractivity contribution is 0.261. The molecule has 1 unspecified atom stereocenters. The minimum Gasteiger partial charge on any atom is -0.294 e. The number of hydrogen-bond acceptors (Lipinski definition) is 3. The fourth-order valence-electron chi connectivity index (χ4n) is 2.63. The van der Waals surface area contributed by atoms with Crippen LogP contribution in [0.5, 0.6) is 0 Å². The van der Waals surface area contributed by atoms with Gasteiger partial charge in [0.1, 0.15) is 0 Å². The van der Waals surface area contributed by atoms with Crippen LogP contribution in [0.2, 0.25) is 5.02 Å². The highest BCUT2D eigenvalue weighted by Gasteiger charge is 2.28. The summed E-state index contributed by atoms with van der Waals surface area (Å²) in [6.07, 6.45) is 4.37. The molecule has 0 aromatic carbocycles. The van der Waals surface area contributed by atoms with Gasteiger partial charge in [0.15, 0.2) is 11.5 Å². The molecule has 1 aliphatic heterocycles. The van der Waals surface area contributed by atoms with Gasteiger partial charge in [-0.3, -0.25) is 9.30 Å². The highest BCUT2D eigenvalue weighted by Crippen LogP contribution is 2.31. The van der Waals surface area contributed by atoms with Crippen LogP contribution in [0.25, 0.3) is 5.65 Å². The predicted molar refractivity (Wildman–Crippen MR) is 67.2 cm³/mol. The fraction of sp³-hybridized carbons (Fsp3) is 0.500. The molecule has 4 nitrogen and oxygen atoms in total. The Morgan fingerprint density at radius 3 is 3.18 bits per heavy atom. The maximum atomic E-state index is 6.11. The Kier molecular flexibility index (Phi) is 2.76. The minimum atomic E-state index is 0.383. The second-order valence-electron chi connectivity index (χ2n) is 4.39.